The van der Waals surface area contributed by atoms with Crippen LogP contribution in [0.15, 0.2) is 53.3 Å². The predicted molar refractivity (Wildman–Crippen MR) is 148 cm³/mol. The van der Waals surface area contributed by atoms with Gasteiger partial charge in [-0.15, -0.1) is 10.2 Å². The fraction of sp³-hybridized carbons (Fsp3) is 0.360. The zero-order chi connectivity index (χ0) is 30.0. The van der Waals surface area contributed by atoms with Crippen molar-refractivity contribution in [3.05, 3.63) is 74.9 Å². The lowest BCUT2D eigenvalue weighted by Gasteiger charge is -2.54. The van der Waals surface area contributed by atoms with E-state index in [2.05, 4.69) is 15.2 Å². The molecule has 0 aliphatic carbocycles. The largest absolute Gasteiger partial charge is 0.416 e. The summed E-state index contributed by atoms with van der Waals surface area (Å²) < 4.78 is 66.3. The average Bonchev–Trinajstić information content (AvgIpc) is 3.42. The number of rotatable bonds is 7. The lowest BCUT2D eigenvalue weighted by Crippen LogP contribution is -2.69. The van der Waals surface area contributed by atoms with Crippen molar-refractivity contribution in [3.63, 3.8) is 0 Å². The molecule has 0 radical (unpaired) electrons. The van der Waals surface area contributed by atoms with E-state index >= 15 is 0 Å². The molecule has 6 rings (SSSR count). The highest BCUT2D eigenvalue weighted by atomic mass is 35.5. The van der Waals surface area contributed by atoms with Crippen LogP contribution in [-0.2, 0) is 22.9 Å². The van der Waals surface area contributed by atoms with Crippen molar-refractivity contribution < 1.29 is 26.7 Å². The second kappa shape index (κ2) is 10.1. The van der Waals surface area contributed by atoms with Crippen LogP contribution in [0.5, 0.6) is 0 Å². The van der Waals surface area contributed by atoms with E-state index in [9.17, 15) is 31.5 Å². The van der Waals surface area contributed by atoms with Gasteiger partial charge < -0.3 is 10.0 Å². The normalized spacial score (nSPS) is 18.1. The number of hydrogen-bond donors (Lipinski definition) is 1. The van der Waals surface area contributed by atoms with Crippen LogP contribution in [0, 0.1) is 5.41 Å². The zero-order valence-electron chi connectivity index (χ0n) is 21.5. The number of aromatic nitrogens is 6. The molecule has 0 unspecified atom stereocenters. The van der Waals surface area contributed by atoms with Crippen molar-refractivity contribution in [2.75, 3.05) is 29.5 Å². The van der Waals surface area contributed by atoms with Gasteiger partial charge in [0.1, 0.15) is 6.54 Å². The zero-order valence-corrected chi connectivity index (χ0v) is 23.9. The van der Waals surface area contributed by atoms with E-state index in [1.807, 2.05) is 4.90 Å². The van der Waals surface area contributed by atoms with E-state index in [4.69, 9.17) is 23.2 Å². The van der Waals surface area contributed by atoms with Crippen LogP contribution in [0.1, 0.15) is 5.82 Å². The minimum Gasteiger partial charge on any atom is -0.382 e. The number of aliphatic hydroxyl groups excluding tert-OH is 1. The molecule has 2 aromatic carbocycles. The van der Waals surface area contributed by atoms with Gasteiger partial charge in [0, 0.05) is 29.1 Å². The quantitative estimate of drug-likeness (QED) is 0.326. The topological polar surface area (TPSA) is 128 Å². The van der Waals surface area contributed by atoms with Gasteiger partial charge in [-0.1, -0.05) is 35.3 Å². The number of anilines is 1. The van der Waals surface area contributed by atoms with Gasteiger partial charge in [-0.3, -0.25) is 4.57 Å². The third-order valence-electron chi connectivity index (χ3n) is 7.15. The molecular formula is C25H22Cl2F3N7O4S. The van der Waals surface area contributed by atoms with Crippen LogP contribution in [0.4, 0.5) is 19.1 Å². The van der Waals surface area contributed by atoms with E-state index in [1.54, 1.807) is 24.3 Å². The SMILES string of the molecule is O=c1n(Cc2nc(N3CC4(C3)CS(=O)(=O)C4)n(-c3ccccc3Cl)n2)nc(-c2ccc(Cl)cc2)n1C[C@H](O)C(F)(F)F. The summed E-state index contributed by atoms with van der Waals surface area (Å²) in [6.07, 6.45) is -7.77. The summed E-state index contributed by atoms with van der Waals surface area (Å²) in [5, 5.41) is 19.3. The Morgan fingerprint density at radius 2 is 1.69 bits per heavy atom. The number of halogens is 5. The summed E-state index contributed by atoms with van der Waals surface area (Å²) in [5.41, 5.74) is -0.468. The Morgan fingerprint density at radius 3 is 2.31 bits per heavy atom. The second-order valence-electron chi connectivity index (χ2n) is 10.5. The molecule has 4 heterocycles. The van der Waals surface area contributed by atoms with Crippen LogP contribution >= 0.6 is 23.2 Å². The number of aliphatic hydroxyl groups is 1. The summed E-state index contributed by atoms with van der Waals surface area (Å²) in [6, 6.07) is 12.8. The minimum atomic E-state index is -4.96. The smallest absolute Gasteiger partial charge is 0.382 e. The van der Waals surface area contributed by atoms with Crippen LogP contribution in [0.25, 0.3) is 17.1 Å². The molecule has 1 atom stereocenters. The fourth-order valence-electron chi connectivity index (χ4n) is 5.31. The fourth-order valence-corrected chi connectivity index (χ4v) is 7.80. The molecule has 2 saturated heterocycles. The molecule has 17 heteroatoms. The summed E-state index contributed by atoms with van der Waals surface area (Å²) in [7, 11) is -3.04. The number of alkyl halides is 3. The summed E-state index contributed by atoms with van der Waals surface area (Å²) >= 11 is 12.4. The predicted octanol–water partition coefficient (Wildman–Crippen LogP) is 2.81. The van der Waals surface area contributed by atoms with Crippen molar-refractivity contribution in [2.24, 2.45) is 5.41 Å². The maximum absolute atomic E-state index is 13.3. The maximum Gasteiger partial charge on any atom is 0.416 e. The Kier molecular flexibility index (Phi) is 6.91. The third-order valence-corrected chi connectivity index (χ3v) is 9.83. The molecule has 1 N–H and O–H groups in total. The number of para-hydroxylation sites is 1. The third kappa shape index (κ3) is 5.29. The molecule has 222 valence electrons. The molecule has 2 aromatic heterocycles. The number of nitrogens with zero attached hydrogens (tertiary/aromatic N) is 7. The first-order chi connectivity index (χ1) is 19.7. The molecule has 11 nitrogen and oxygen atoms in total. The van der Waals surface area contributed by atoms with E-state index in [1.165, 1.54) is 28.9 Å². The van der Waals surface area contributed by atoms with E-state index < -0.39 is 34.4 Å². The van der Waals surface area contributed by atoms with E-state index in [0.717, 1.165) is 9.25 Å². The highest BCUT2D eigenvalue weighted by Gasteiger charge is 2.57. The Bertz CT molecular complexity index is 1820. The van der Waals surface area contributed by atoms with Crippen LogP contribution in [0.3, 0.4) is 0 Å². The molecule has 0 bridgehead atoms. The van der Waals surface area contributed by atoms with Crippen molar-refractivity contribution in [2.45, 2.75) is 25.4 Å². The molecular weight excluding hydrogens is 622 g/mol. The summed E-state index contributed by atoms with van der Waals surface area (Å²) in [6.45, 7) is -0.531. The van der Waals surface area contributed by atoms with E-state index in [-0.39, 0.29) is 35.1 Å². The maximum atomic E-state index is 13.3. The molecule has 2 aliphatic rings. The first-order valence-corrected chi connectivity index (χ1v) is 15.2. The molecule has 2 fully saturated rings. The molecule has 0 saturated carbocycles. The number of hydrogen-bond acceptors (Lipinski definition) is 8. The van der Waals surface area contributed by atoms with Gasteiger partial charge in [-0.25, -0.2) is 17.9 Å². The highest BCUT2D eigenvalue weighted by Crippen LogP contribution is 2.43. The highest BCUT2D eigenvalue weighted by molar-refractivity contribution is 7.92. The Labute approximate surface area is 246 Å². The van der Waals surface area contributed by atoms with Gasteiger partial charge in [0.05, 0.1) is 28.8 Å². The Balaban J connectivity index is 1.37. The summed E-state index contributed by atoms with van der Waals surface area (Å²) in [5.74, 6) is 0.548. The molecule has 1 spiro atoms. The second-order valence-corrected chi connectivity index (χ2v) is 13.4. The standard InChI is InChI=1S/C25H22Cl2F3N7O4S/c26-16-7-5-15(6-8-16)21-33-36(23(39)35(21)9-19(38)25(28,29)30)10-20-31-22(34-11-24(12-34)13-42(40,41)14-24)37(32-20)18-4-2-1-3-17(18)27/h1-8,19,38H,9-14H2/t19-/m0/s1. The molecule has 4 aromatic rings. The van der Waals surface area contributed by atoms with E-state index in [0.29, 0.717) is 40.3 Å². The molecule has 2 aliphatic heterocycles. The van der Waals surface area contributed by atoms with Crippen molar-refractivity contribution >= 4 is 39.0 Å². The monoisotopic (exact) mass is 643 g/mol. The van der Waals surface area contributed by atoms with Crippen LogP contribution < -0.4 is 10.6 Å². The number of benzene rings is 2. The van der Waals surface area contributed by atoms with Crippen LogP contribution in [0.2, 0.25) is 10.0 Å². The van der Waals surface area contributed by atoms with Gasteiger partial charge in [0.15, 0.2) is 27.6 Å². The molecule has 42 heavy (non-hydrogen) atoms. The lowest BCUT2D eigenvalue weighted by molar-refractivity contribution is -0.207. The van der Waals surface area contributed by atoms with Gasteiger partial charge in [0.2, 0.25) is 5.95 Å². The van der Waals surface area contributed by atoms with Crippen molar-refractivity contribution in [3.8, 4) is 17.1 Å². The first kappa shape index (κ1) is 28.7. The van der Waals surface area contributed by atoms with Crippen LogP contribution in [-0.4, -0.2) is 79.5 Å². The van der Waals surface area contributed by atoms with Gasteiger partial charge in [-0.2, -0.15) is 22.8 Å². The van der Waals surface area contributed by atoms with Crippen molar-refractivity contribution in [1.29, 1.82) is 0 Å². The average molecular weight is 644 g/mol. The Hall–Kier alpha value is -3.40. The Morgan fingerprint density at radius 1 is 1.02 bits per heavy atom. The lowest BCUT2D eigenvalue weighted by atomic mass is 9.83. The van der Waals surface area contributed by atoms with Crippen molar-refractivity contribution in [1.82, 2.24) is 29.1 Å². The number of sulfone groups is 1. The van der Waals surface area contributed by atoms with Gasteiger partial charge in [0.25, 0.3) is 0 Å². The van der Waals surface area contributed by atoms with Gasteiger partial charge in [-0.05, 0) is 36.4 Å². The first-order valence-electron chi connectivity index (χ1n) is 12.6. The van der Waals surface area contributed by atoms with Gasteiger partial charge >= 0.3 is 11.9 Å². The molecule has 0 amide bonds. The summed E-state index contributed by atoms with van der Waals surface area (Å²) in [4.78, 5) is 19.8. The minimum absolute atomic E-state index is 0.0909.